The molecule has 1 amide bonds. The number of ether oxygens (including phenoxy) is 1. The first-order valence-corrected chi connectivity index (χ1v) is 12.0. The SMILES string of the molecule is Cc1cc(N[C@@H](Cc2ccccc2)C(=O)NC2CCCC2)nc(NCCOc2ccccc2)n1. The smallest absolute Gasteiger partial charge is 0.243 e. The van der Waals surface area contributed by atoms with Crippen molar-refractivity contribution in [2.45, 2.75) is 51.1 Å². The average molecular weight is 460 g/mol. The number of nitrogens with one attached hydrogen (secondary N) is 3. The number of hydrogen-bond donors (Lipinski definition) is 3. The van der Waals surface area contributed by atoms with E-state index in [0.717, 1.165) is 29.8 Å². The van der Waals surface area contributed by atoms with Crippen LogP contribution in [0.4, 0.5) is 11.8 Å². The number of aryl methyl sites for hydroxylation is 1. The quantitative estimate of drug-likeness (QED) is 0.369. The summed E-state index contributed by atoms with van der Waals surface area (Å²) in [6.07, 6.45) is 5.03. The zero-order chi connectivity index (χ0) is 23.6. The van der Waals surface area contributed by atoms with Crippen molar-refractivity contribution in [3.63, 3.8) is 0 Å². The molecule has 0 radical (unpaired) electrons. The highest BCUT2D eigenvalue weighted by Crippen LogP contribution is 2.19. The molecule has 1 aliphatic rings. The molecule has 1 aromatic heterocycles. The summed E-state index contributed by atoms with van der Waals surface area (Å²) in [5, 5.41) is 9.81. The fourth-order valence-electron chi connectivity index (χ4n) is 4.18. The van der Waals surface area contributed by atoms with Crippen molar-refractivity contribution in [2.75, 3.05) is 23.8 Å². The Hall–Kier alpha value is -3.61. The van der Waals surface area contributed by atoms with Gasteiger partial charge in [0.15, 0.2) is 0 Å². The van der Waals surface area contributed by atoms with Crippen molar-refractivity contribution in [3.8, 4) is 5.75 Å². The molecule has 0 spiro atoms. The molecule has 1 aliphatic carbocycles. The van der Waals surface area contributed by atoms with Gasteiger partial charge in [-0.2, -0.15) is 4.98 Å². The minimum atomic E-state index is -0.424. The maximum atomic E-state index is 13.2. The highest BCUT2D eigenvalue weighted by Gasteiger charge is 2.24. The number of rotatable bonds is 11. The number of hydrogen-bond acceptors (Lipinski definition) is 6. The molecule has 3 N–H and O–H groups in total. The minimum absolute atomic E-state index is 0.0118. The van der Waals surface area contributed by atoms with Crippen LogP contribution in [0.25, 0.3) is 0 Å². The van der Waals surface area contributed by atoms with E-state index in [2.05, 4.69) is 25.9 Å². The second-order valence-corrected chi connectivity index (χ2v) is 8.68. The lowest BCUT2D eigenvalue weighted by atomic mass is 10.0. The van der Waals surface area contributed by atoms with Crippen LogP contribution in [0, 0.1) is 6.92 Å². The van der Waals surface area contributed by atoms with Gasteiger partial charge in [-0.25, -0.2) is 4.98 Å². The number of para-hydroxylation sites is 1. The fourth-order valence-corrected chi connectivity index (χ4v) is 4.18. The Bertz CT molecular complexity index is 1040. The largest absolute Gasteiger partial charge is 0.492 e. The number of benzene rings is 2. The van der Waals surface area contributed by atoms with Crippen molar-refractivity contribution in [1.82, 2.24) is 15.3 Å². The Balaban J connectivity index is 1.39. The monoisotopic (exact) mass is 459 g/mol. The van der Waals surface area contributed by atoms with Crippen LogP contribution in [0.1, 0.15) is 36.9 Å². The molecule has 1 fully saturated rings. The maximum Gasteiger partial charge on any atom is 0.243 e. The van der Waals surface area contributed by atoms with E-state index in [9.17, 15) is 4.79 Å². The molecule has 4 rings (SSSR count). The molecular formula is C27H33N5O2. The number of aromatic nitrogens is 2. The molecule has 1 saturated carbocycles. The Morgan fingerprint density at radius 1 is 1.03 bits per heavy atom. The van der Waals surface area contributed by atoms with E-state index in [1.807, 2.05) is 73.7 Å². The maximum absolute atomic E-state index is 13.2. The zero-order valence-electron chi connectivity index (χ0n) is 19.7. The van der Waals surface area contributed by atoms with E-state index >= 15 is 0 Å². The van der Waals surface area contributed by atoms with Gasteiger partial charge in [-0.05, 0) is 37.5 Å². The van der Waals surface area contributed by atoms with Gasteiger partial charge in [-0.1, -0.05) is 61.4 Å². The van der Waals surface area contributed by atoms with Crippen LogP contribution in [0.2, 0.25) is 0 Å². The Kier molecular flexibility index (Phi) is 8.32. The van der Waals surface area contributed by atoms with Crippen molar-refractivity contribution >= 4 is 17.7 Å². The van der Waals surface area contributed by atoms with Gasteiger partial charge >= 0.3 is 0 Å². The highest BCUT2D eigenvalue weighted by atomic mass is 16.5. The van der Waals surface area contributed by atoms with E-state index in [1.165, 1.54) is 12.8 Å². The second-order valence-electron chi connectivity index (χ2n) is 8.68. The van der Waals surface area contributed by atoms with Crippen LogP contribution in [0.5, 0.6) is 5.75 Å². The zero-order valence-corrected chi connectivity index (χ0v) is 19.7. The summed E-state index contributed by atoms with van der Waals surface area (Å²) in [5.74, 6) is 1.97. The molecule has 0 unspecified atom stereocenters. The summed E-state index contributed by atoms with van der Waals surface area (Å²) in [6.45, 7) is 2.97. The predicted molar refractivity (Wildman–Crippen MR) is 135 cm³/mol. The lowest BCUT2D eigenvalue weighted by molar-refractivity contribution is -0.122. The lowest BCUT2D eigenvalue weighted by Crippen LogP contribution is -2.45. The summed E-state index contributed by atoms with van der Waals surface area (Å²) in [4.78, 5) is 22.3. The molecule has 7 nitrogen and oxygen atoms in total. The second kappa shape index (κ2) is 12.0. The number of carbonyl (C=O) groups is 1. The number of carbonyl (C=O) groups excluding carboxylic acids is 1. The molecule has 2 aromatic carbocycles. The van der Waals surface area contributed by atoms with E-state index in [-0.39, 0.29) is 11.9 Å². The fraction of sp³-hybridized carbons (Fsp3) is 0.370. The van der Waals surface area contributed by atoms with Crippen molar-refractivity contribution in [1.29, 1.82) is 0 Å². The average Bonchev–Trinajstić information content (AvgIpc) is 3.35. The Labute approximate surface area is 201 Å². The van der Waals surface area contributed by atoms with Crippen LogP contribution >= 0.6 is 0 Å². The van der Waals surface area contributed by atoms with Gasteiger partial charge in [-0.3, -0.25) is 4.79 Å². The third-order valence-electron chi connectivity index (χ3n) is 5.87. The highest BCUT2D eigenvalue weighted by molar-refractivity contribution is 5.85. The Morgan fingerprint density at radius 2 is 1.74 bits per heavy atom. The molecule has 3 aromatic rings. The van der Waals surface area contributed by atoms with Crippen LogP contribution in [-0.4, -0.2) is 41.1 Å². The molecule has 7 heteroatoms. The van der Waals surface area contributed by atoms with Crippen molar-refractivity contribution in [2.24, 2.45) is 0 Å². The van der Waals surface area contributed by atoms with Crippen LogP contribution in [0.3, 0.4) is 0 Å². The van der Waals surface area contributed by atoms with Gasteiger partial charge < -0.3 is 20.7 Å². The van der Waals surface area contributed by atoms with Crippen molar-refractivity contribution in [3.05, 3.63) is 78.0 Å². The molecule has 178 valence electrons. The van der Waals surface area contributed by atoms with E-state index in [1.54, 1.807) is 0 Å². The van der Waals surface area contributed by atoms with E-state index in [0.29, 0.717) is 31.3 Å². The predicted octanol–water partition coefficient (Wildman–Crippen LogP) is 4.36. The summed E-state index contributed by atoms with van der Waals surface area (Å²) >= 11 is 0. The first kappa shape index (κ1) is 23.5. The standard InChI is InChI=1S/C27H33N5O2/c1-20-18-25(32-27(29-20)28-16-17-34-23-14-6-3-7-15-23)31-24(19-21-10-4-2-5-11-21)26(33)30-22-12-8-9-13-22/h2-7,10-11,14-15,18,22,24H,8-9,12-13,16-17,19H2,1H3,(H,30,33)(H2,28,29,31,32)/t24-/m0/s1. The third kappa shape index (κ3) is 7.20. The molecule has 34 heavy (non-hydrogen) atoms. The van der Waals surface area contributed by atoms with Crippen molar-refractivity contribution < 1.29 is 9.53 Å². The van der Waals surface area contributed by atoms with E-state index < -0.39 is 6.04 Å². The van der Waals surface area contributed by atoms with Gasteiger partial charge in [0.1, 0.15) is 24.2 Å². The third-order valence-corrected chi connectivity index (χ3v) is 5.87. The van der Waals surface area contributed by atoms with Gasteiger partial charge in [0.2, 0.25) is 11.9 Å². The normalized spacial score (nSPS) is 14.4. The van der Waals surface area contributed by atoms with E-state index in [4.69, 9.17) is 4.74 Å². The molecular weight excluding hydrogens is 426 g/mol. The summed E-state index contributed by atoms with van der Waals surface area (Å²) in [6, 6.07) is 21.5. The minimum Gasteiger partial charge on any atom is -0.492 e. The number of amides is 1. The van der Waals surface area contributed by atoms with Crippen LogP contribution in [-0.2, 0) is 11.2 Å². The lowest BCUT2D eigenvalue weighted by Gasteiger charge is -2.22. The Morgan fingerprint density at radius 3 is 2.47 bits per heavy atom. The summed E-state index contributed by atoms with van der Waals surface area (Å²) in [7, 11) is 0. The van der Waals surface area contributed by atoms with Gasteiger partial charge in [0.05, 0.1) is 6.54 Å². The van der Waals surface area contributed by atoms with Gasteiger partial charge in [-0.15, -0.1) is 0 Å². The first-order valence-electron chi connectivity index (χ1n) is 12.0. The number of nitrogens with zero attached hydrogens (tertiary/aromatic N) is 2. The summed E-state index contributed by atoms with van der Waals surface area (Å²) < 4.78 is 5.73. The van der Waals surface area contributed by atoms with Crippen LogP contribution < -0.4 is 20.7 Å². The van der Waals surface area contributed by atoms with Gasteiger partial charge in [0, 0.05) is 24.2 Å². The molecule has 0 bridgehead atoms. The van der Waals surface area contributed by atoms with Gasteiger partial charge in [0.25, 0.3) is 0 Å². The molecule has 1 atom stereocenters. The number of anilines is 2. The molecule has 0 saturated heterocycles. The molecule has 0 aliphatic heterocycles. The molecule has 1 heterocycles. The van der Waals surface area contributed by atoms with Crippen LogP contribution in [0.15, 0.2) is 66.7 Å². The topological polar surface area (TPSA) is 88.2 Å². The first-order chi connectivity index (χ1) is 16.7. The summed E-state index contributed by atoms with van der Waals surface area (Å²) in [5.41, 5.74) is 1.92.